The summed E-state index contributed by atoms with van der Waals surface area (Å²) in [6.07, 6.45) is 1.32. The number of carbonyl (C=O) groups excluding carboxylic acids is 1. The van der Waals surface area contributed by atoms with Gasteiger partial charge in [-0.05, 0) is 25.1 Å². The highest BCUT2D eigenvalue weighted by Gasteiger charge is 2.26. The average molecular weight is 313 g/mol. The molecule has 3 aromatic rings. The second-order valence-electron chi connectivity index (χ2n) is 5.02. The molecule has 22 heavy (non-hydrogen) atoms. The molecule has 2 heterocycles. The lowest BCUT2D eigenvalue weighted by Gasteiger charge is -2.22. The molecule has 112 valence electrons. The highest BCUT2D eigenvalue weighted by molar-refractivity contribution is 7.18. The molecule has 0 unspecified atom stereocenters. The minimum Gasteiger partial charge on any atom is -0.618 e. The third-order valence-corrected chi connectivity index (χ3v) is 4.82. The Labute approximate surface area is 132 Å². The van der Waals surface area contributed by atoms with Crippen LogP contribution in [0.3, 0.4) is 0 Å². The van der Waals surface area contributed by atoms with Gasteiger partial charge < -0.3 is 10.1 Å². The summed E-state index contributed by atoms with van der Waals surface area (Å²) in [5, 5.41) is 12.6. The van der Waals surface area contributed by atoms with Crippen molar-refractivity contribution in [2.45, 2.75) is 13.0 Å². The summed E-state index contributed by atoms with van der Waals surface area (Å²) in [4.78, 5) is 18.6. The van der Waals surface area contributed by atoms with Crippen LogP contribution in [-0.2, 0) is 0 Å². The first-order valence-electron chi connectivity index (χ1n) is 6.89. The van der Waals surface area contributed by atoms with E-state index in [1.54, 1.807) is 35.4 Å². The minimum absolute atomic E-state index is 0.109. The van der Waals surface area contributed by atoms with E-state index in [4.69, 9.17) is 0 Å². The molecule has 6 heteroatoms. The van der Waals surface area contributed by atoms with Gasteiger partial charge in [0, 0.05) is 19.2 Å². The maximum atomic E-state index is 12.5. The van der Waals surface area contributed by atoms with Gasteiger partial charge in [-0.2, -0.15) is 4.73 Å². The summed E-state index contributed by atoms with van der Waals surface area (Å²) in [6, 6.07) is 12.5. The van der Waals surface area contributed by atoms with E-state index >= 15 is 0 Å². The van der Waals surface area contributed by atoms with Crippen molar-refractivity contribution in [3.8, 4) is 0 Å². The number of benzene rings is 1. The number of thiazole rings is 1. The normalized spacial score (nSPS) is 12.3. The zero-order chi connectivity index (χ0) is 15.7. The van der Waals surface area contributed by atoms with Crippen molar-refractivity contribution in [3.05, 3.63) is 64.6 Å². The van der Waals surface area contributed by atoms with Gasteiger partial charge in [-0.25, -0.2) is 4.98 Å². The van der Waals surface area contributed by atoms with Gasteiger partial charge in [-0.1, -0.05) is 12.1 Å². The number of pyridine rings is 1. The Balaban J connectivity index is 1.89. The van der Waals surface area contributed by atoms with Gasteiger partial charge in [0.25, 0.3) is 5.69 Å². The number of para-hydroxylation sites is 1. The molecule has 5 nitrogen and oxygen atoms in total. The topological polar surface area (TPSA) is 60.1 Å². The molecule has 0 aliphatic heterocycles. The van der Waals surface area contributed by atoms with Crippen LogP contribution in [0.2, 0.25) is 0 Å². The van der Waals surface area contributed by atoms with E-state index in [-0.39, 0.29) is 17.6 Å². The van der Waals surface area contributed by atoms with E-state index in [0.29, 0.717) is 4.73 Å². The van der Waals surface area contributed by atoms with Crippen LogP contribution in [0.25, 0.3) is 10.2 Å². The van der Waals surface area contributed by atoms with Crippen LogP contribution in [0, 0.1) is 5.21 Å². The fourth-order valence-corrected chi connectivity index (χ4v) is 3.25. The average Bonchev–Trinajstić information content (AvgIpc) is 2.97. The van der Waals surface area contributed by atoms with Gasteiger partial charge in [0.1, 0.15) is 5.01 Å². The Morgan fingerprint density at radius 1 is 1.27 bits per heavy atom. The highest BCUT2D eigenvalue weighted by Crippen LogP contribution is 2.29. The molecule has 0 aliphatic carbocycles. The number of carbonyl (C=O) groups is 1. The Kier molecular flexibility index (Phi) is 3.77. The van der Waals surface area contributed by atoms with Gasteiger partial charge in [0.05, 0.1) is 16.3 Å². The number of fused-ring (bicyclic) bond motifs is 1. The lowest BCUT2D eigenvalue weighted by atomic mass is 10.2. The molecule has 0 spiro atoms. The Bertz CT molecular complexity index is 798. The predicted molar refractivity (Wildman–Crippen MR) is 85.5 cm³/mol. The molecule has 0 fully saturated rings. The maximum absolute atomic E-state index is 12.5. The zero-order valence-electron chi connectivity index (χ0n) is 12.3. The van der Waals surface area contributed by atoms with Gasteiger partial charge in [-0.3, -0.25) is 4.79 Å². The van der Waals surface area contributed by atoms with Crippen LogP contribution < -0.4 is 4.73 Å². The van der Waals surface area contributed by atoms with E-state index in [1.807, 2.05) is 31.2 Å². The molecule has 0 N–H and O–H groups in total. The quantitative estimate of drug-likeness (QED) is 0.552. The molecule has 2 aromatic heterocycles. The van der Waals surface area contributed by atoms with Crippen molar-refractivity contribution < 1.29 is 9.52 Å². The highest BCUT2D eigenvalue weighted by atomic mass is 32.1. The van der Waals surface area contributed by atoms with Crippen LogP contribution in [-0.4, -0.2) is 22.8 Å². The largest absolute Gasteiger partial charge is 0.618 e. The van der Waals surface area contributed by atoms with Crippen molar-refractivity contribution in [1.29, 1.82) is 0 Å². The first-order chi connectivity index (χ1) is 10.6. The van der Waals surface area contributed by atoms with Crippen LogP contribution in [0.15, 0.2) is 48.7 Å². The van der Waals surface area contributed by atoms with Gasteiger partial charge in [-0.15, -0.1) is 11.3 Å². The van der Waals surface area contributed by atoms with Crippen molar-refractivity contribution in [2.24, 2.45) is 0 Å². The zero-order valence-corrected chi connectivity index (χ0v) is 13.1. The van der Waals surface area contributed by atoms with Crippen LogP contribution >= 0.6 is 11.3 Å². The van der Waals surface area contributed by atoms with Crippen molar-refractivity contribution >= 4 is 27.5 Å². The molecule has 1 aromatic carbocycles. The number of aromatic nitrogens is 2. The summed E-state index contributed by atoms with van der Waals surface area (Å²) >= 11 is 1.56. The number of hydrogen-bond donors (Lipinski definition) is 0. The third kappa shape index (κ3) is 2.53. The van der Waals surface area contributed by atoms with Gasteiger partial charge >= 0.3 is 5.91 Å². The Morgan fingerprint density at radius 3 is 2.73 bits per heavy atom. The first kappa shape index (κ1) is 14.5. The second kappa shape index (κ2) is 5.73. The van der Waals surface area contributed by atoms with E-state index < -0.39 is 0 Å². The molecular formula is C16H15N3O2S. The second-order valence-corrected chi connectivity index (χ2v) is 6.09. The molecule has 1 atom stereocenters. The molecule has 0 saturated carbocycles. The van der Waals surface area contributed by atoms with Crippen molar-refractivity contribution in [3.63, 3.8) is 0 Å². The molecule has 0 saturated heterocycles. The smallest absolute Gasteiger partial charge is 0.320 e. The van der Waals surface area contributed by atoms with Crippen LogP contribution in [0.5, 0.6) is 0 Å². The van der Waals surface area contributed by atoms with Gasteiger partial charge in [0.2, 0.25) is 0 Å². The van der Waals surface area contributed by atoms with Crippen molar-refractivity contribution in [2.75, 3.05) is 7.05 Å². The van der Waals surface area contributed by atoms with E-state index in [0.717, 1.165) is 15.2 Å². The van der Waals surface area contributed by atoms with Crippen molar-refractivity contribution in [1.82, 2.24) is 9.88 Å². The predicted octanol–water partition coefficient (Wildman–Crippen LogP) is 2.76. The van der Waals surface area contributed by atoms with E-state index in [9.17, 15) is 10.0 Å². The lowest BCUT2D eigenvalue weighted by molar-refractivity contribution is -0.608. The Morgan fingerprint density at radius 2 is 2.00 bits per heavy atom. The molecule has 0 bridgehead atoms. The Hall–Kier alpha value is -2.47. The summed E-state index contributed by atoms with van der Waals surface area (Å²) in [5.41, 5.74) is 1.03. The lowest BCUT2D eigenvalue weighted by Crippen LogP contribution is -2.40. The number of nitrogens with zero attached hydrogens (tertiary/aromatic N) is 3. The molecule has 1 amide bonds. The summed E-state index contributed by atoms with van der Waals surface area (Å²) in [5.74, 6) is -0.317. The number of rotatable bonds is 3. The fourth-order valence-electron chi connectivity index (χ4n) is 2.18. The number of amides is 1. The first-order valence-corrected chi connectivity index (χ1v) is 7.70. The van der Waals surface area contributed by atoms with E-state index in [1.165, 1.54) is 12.3 Å². The minimum atomic E-state index is -0.317. The molecular weight excluding hydrogens is 298 g/mol. The standard InChI is InChI=1S/C16H15N3O2S/c1-11(15-17-12-7-3-4-9-14(12)22-15)18(2)16(20)13-8-5-6-10-19(13)21/h3-11H,1-2H3/t11-/m0/s1. The summed E-state index contributed by atoms with van der Waals surface area (Å²) in [6.45, 7) is 1.91. The molecule has 3 rings (SSSR count). The van der Waals surface area contributed by atoms with Crippen LogP contribution in [0.1, 0.15) is 28.5 Å². The molecule has 0 aliphatic rings. The molecule has 0 radical (unpaired) electrons. The number of hydrogen-bond acceptors (Lipinski definition) is 4. The fraction of sp³-hybridized carbons (Fsp3) is 0.188. The van der Waals surface area contributed by atoms with Crippen LogP contribution in [0.4, 0.5) is 0 Å². The monoisotopic (exact) mass is 313 g/mol. The van der Waals surface area contributed by atoms with E-state index in [2.05, 4.69) is 4.98 Å². The third-order valence-electron chi connectivity index (χ3n) is 3.61. The van der Waals surface area contributed by atoms with Gasteiger partial charge in [0.15, 0.2) is 6.20 Å². The SMILES string of the molecule is C[C@@H](c1nc2ccccc2s1)N(C)C(=O)c1cccc[n+]1[O-]. The summed E-state index contributed by atoms with van der Waals surface area (Å²) in [7, 11) is 1.69. The maximum Gasteiger partial charge on any atom is 0.320 e. The summed E-state index contributed by atoms with van der Waals surface area (Å²) < 4.78 is 1.67.